The van der Waals surface area contributed by atoms with Gasteiger partial charge in [-0.25, -0.2) is 0 Å². The molecule has 1 aromatic rings. The SMILES string of the molecule is C=C(C)COc1c(Cl)cc(Cl)cc1CNC(C)(C)C. The van der Waals surface area contributed by atoms with Crippen molar-refractivity contribution in [1.82, 2.24) is 5.32 Å². The summed E-state index contributed by atoms with van der Waals surface area (Å²) in [5.41, 5.74) is 1.91. The molecule has 0 aliphatic rings. The summed E-state index contributed by atoms with van der Waals surface area (Å²) in [5.74, 6) is 0.672. The molecule has 4 heteroatoms. The Morgan fingerprint density at radius 1 is 1.32 bits per heavy atom. The molecule has 0 aliphatic carbocycles. The summed E-state index contributed by atoms with van der Waals surface area (Å²) in [6, 6.07) is 3.57. The first kappa shape index (κ1) is 16.4. The summed E-state index contributed by atoms with van der Waals surface area (Å²) >= 11 is 12.3. The van der Waals surface area contributed by atoms with E-state index in [-0.39, 0.29) is 5.54 Å². The number of ether oxygens (including phenoxy) is 1. The fourth-order valence-corrected chi connectivity index (χ4v) is 2.05. The molecule has 0 spiro atoms. The Labute approximate surface area is 125 Å². The number of rotatable bonds is 5. The van der Waals surface area contributed by atoms with Crippen molar-refractivity contribution in [3.05, 3.63) is 39.9 Å². The Bertz CT molecular complexity index is 464. The summed E-state index contributed by atoms with van der Waals surface area (Å²) in [6.45, 7) is 13.1. The molecule has 0 bridgehead atoms. The van der Waals surface area contributed by atoms with Crippen molar-refractivity contribution in [2.24, 2.45) is 0 Å². The highest BCUT2D eigenvalue weighted by molar-refractivity contribution is 6.35. The summed E-state index contributed by atoms with van der Waals surface area (Å²) < 4.78 is 5.72. The number of benzene rings is 1. The molecule has 2 nitrogen and oxygen atoms in total. The molecule has 0 saturated carbocycles. The third kappa shape index (κ3) is 5.85. The van der Waals surface area contributed by atoms with Crippen molar-refractivity contribution in [2.75, 3.05) is 6.61 Å². The first-order valence-electron chi connectivity index (χ1n) is 6.19. The number of halogens is 2. The van der Waals surface area contributed by atoms with Crippen LogP contribution in [0.4, 0.5) is 0 Å². The fraction of sp³-hybridized carbons (Fsp3) is 0.467. The van der Waals surface area contributed by atoms with Crippen LogP contribution >= 0.6 is 23.2 Å². The molecule has 0 amide bonds. The van der Waals surface area contributed by atoms with Gasteiger partial charge in [0.1, 0.15) is 12.4 Å². The van der Waals surface area contributed by atoms with E-state index in [4.69, 9.17) is 27.9 Å². The van der Waals surface area contributed by atoms with E-state index in [1.165, 1.54) is 0 Å². The molecule has 1 aromatic carbocycles. The van der Waals surface area contributed by atoms with E-state index >= 15 is 0 Å². The van der Waals surface area contributed by atoms with Gasteiger partial charge in [-0.1, -0.05) is 29.8 Å². The Balaban J connectivity index is 2.95. The second-order valence-corrected chi connectivity index (χ2v) is 6.57. The molecular formula is C15H21Cl2NO. The molecule has 1 rings (SSSR count). The summed E-state index contributed by atoms with van der Waals surface area (Å²) in [4.78, 5) is 0. The lowest BCUT2D eigenvalue weighted by molar-refractivity contribution is 0.343. The van der Waals surface area contributed by atoms with Gasteiger partial charge in [0.15, 0.2) is 0 Å². The first-order valence-corrected chi connectivity index (χ1v) is 6.95. The van der Waals surface area contributed by atoms with Gasteiger partial charge < -0.3 is 10.1 Å². The van der Waals surface area contributed by atoms with Crippen molar-refractivity contribution < 1.29 is 4.74 Å². The van der Waals surface area contributed by atoms with Gasteiger partial charge in [-0.15, -0.1) is 0 Å². The lowest BCUT2D eigenvalue weighted by Gasteiger charge is -2.22. The van der Waals surface area contributed by atoms with Gasteiger partial charge in [0.25, 0.3) is 0 Å². The minimum absolute atomic E-state index is 0.0143. The maximum absolute atomic E-state index is 6.20. The largest absolute Gasteiger partial charge is 0.487 e. The van der Waals surface area contributed by atoms with E-state index in [2.05, 4.69) is 32.7 Å². The van der Waals surface area contributed by atoms with Gasteiger partial charge in [-0.3, -0.25) is 0 Å². The van der Waals surface area contributed by atoms with Crippen LogP contribution in [0.5, 0.6) is 5.75 Å². The third-order valence-corrected chi connectivity index (χ3v) is 2.86. The molecule has 0 unspecified atom stereocenters. The van der Waals surface area contributed by atoms with E-state index in [0.717, 1.165) is 11.1 Å². The lowest BCUT2D eigenvalue weighted by atomic mass is 10.1. The van der Waals surface area contributed by atoms with Crippen LogP contribution in [-0.2, 0) is 6.54 Å². The van der Waals surface area contributed by atoms with Crippen LogP contribution < -0.4 is 10.1 Å². The van der Waals surface area contributed by atoms with E-state index in [1.807, 2.05) is 13.0 Å². The zero-order valence-electron chi connectivity index (χ0n) is 11.9. The number of hydrogen-bond acceptors (Lipinski definition) is 2. The van der Waals surface area contributed by atoms with Crippen LogP contribution in [0.3, 0.4) is 0 Å². The predicted molar refractivity (Wildman–Crippen MR) is 83.4 cm³/mol. The zero-order valence-corrected chi connectivity index (χ0v) is 13.5. The smallest absolute Gasteiger partial charge is 0.142 e. The van der Waals surface area contributed by atoms with Gasteiger partial charge in [0.2, 0.25) is 0 Å². The van der Waals surface area contributed by atoms with Gasteiger partial charge in [-0.2, -0.15) is 0 Å². The second-order valence-electron chi connectivity index (χ2n) is 5.73. The van der Waals surface area contributed by atoms with Crippen molar-refractivity contribution >= 4 is 23.2 Å². The van der Waals surface area contributed by atoms with Crippen LogP contribution in [0, 0.1) is 0 Å². The van der Waals surface area contributed by atoms with Crippen LogP contribution in [0.1, 0.15) is 33.3 Å². The average Bonchev–Trinajstić information content (AvgIpc) is 2.23. The molecule has 0 aliphatic heterocycles. The maximum Gasteiger partial charge on any atom is 0.142 e. The summed E-state index contributed by atoms with van der Waals surface area (Å²) in [7, 11) is 0. The topological polar surface area (TPSA) is 21.3 Å². The Kier molecular flexibility index (Phi) is 5.72. The number of nitrogens with one attached hydrogen (secondary N) is 1. The first-order chi connectivity index (χ1) is 8.69. The Morgan fingerprint density at radius 3 is 2.47 bits per heavy atom. The molecule has 0 heterocycles. The molecule has 19 heavy (non-hydrogen) atoms. The highest BCUT2D eigenvalue weighted by Gasteiger charge is 2.14. The van der Waals surface area contributed by atoms with Gasteiger partial charge >= 0.3 is 0 Å². The molecular weight excluding hydrogens is 281 g/mol. The minimum Gasteiger partial charge on any atom is -0.487 e. The molecule has 1 N–H and O–H groups in total. The van der Waals surface area contributed by atoms with Crippen LogP contribution in [0.2, 0.25) is 10.0 Å². The molecule has 0 fully saturated rings. The number of hydrogen-bond donors (Lipinski definition) is 1. The van der Waals surface area contributed by atoms with E-state index in [9.17, 15) is 0 Å². The van der Waals surface area contributed by atoms with Crippen LogP contribution in [0.25, 0.3) is 0 Å². The third-order valence-electron chi connectivity index (χ3n) is 2.36. The maximum atomic E-state index is 6.20. The lowest BCUT2D eigenvalue weighted by Crippen LogP contribution is -2.35. The van der Waals surface area contributed by atoms with Crippen molar-refractivity contribution in [1.29, 1.82) is 0 Å². The normalized spacial score (nSPS) is 11.5. The average molecular weight is 302 g/mol. The van der Waals surface area contributed by atoms with Gasteiger partial charge in [0, 0.05) is 22.7 Å². The molecule has 0 atom stereocenters. The monoisotopic (exact) mass is 301 g/mol. The van der Waals surface area contributed by atoms with Crippen LogP contribution in [0.15, 0.2) is 24.3 Å². The van der Waals surface area contributed by atoms with Crippen LogP contribution in [-0.4, -0.2) is 12.1 Å². The van der Waals surface area contributed by atoms with E-state index < -0.39 is 0 Å². The highest BCUT2D eigenvalue weighted by Crippen LogP contribution is 2.33. The van der Waals surface area contributed by atoms with Gasteiger partial charge in [0.05, 0.1) is 5.02 Å². The molecule has 0 saturated heterocycles. The summed E-state index contributed by atoms with van der Waals surface area (Å²) in [5, 5.41) is 4.54. The van der Waals surface area contributed by atoms with Crippen molar-refractivity contribution in [2.45, 2.75) is 39.8 Å². The minimum atomic E-state index is 0.0143. The highest BCUT2D eigenvalue weighted by atomic mass is 35.5. The predicted octanol–water partition coefficient (Wildman–Crippen LogP) is 4.84. The quantitative estimate of drug-likeness (QED) is 0.786. The Hall–Kier alpha value is -0.700. The zero-order chi connectivity index (χ0) is 14.6. The van der Waals surface area contributed by atoms with E-state index in [0.29, 0.717) is 28.9 Å². The van der Waals surface area contributed by atoms with Crippen molar-refractivity contribution in [3.63, 3.8) is 0 Å². The second kappa shape index (κ2) is 6.65. The molecule has 106 valence electrons. The fourth-order valence-electron chi connectivity index (χ4n) is 1.46. The van der Waals surface area contributed by atoms with Gasteiger partial charge in [-0.05, 0) is 45.4 Å². The molecule has 0 aromatic heterocycles. The Morgan fingerprint density at radius 2 is 1.95 bits per heavy atom. The van der Waals surface area contributed by atoms with Crippen molar-refractivity contribution in [3.8, 4) is 5.75 Å². The molecule has 0 radical (unpaired) electrons. The van der Waals surface area contributed by atoms with E-state index in [1.54, 1.807) is 6.07 Å². The summed E-state index contributed by atoms with van der Waals surface area (Å²) in [6.07, 6.45) is 0. The standard InChI is InChI=1S/C15H21Cl2NO/c1-10(2)9-19-14-11(8-18-15(3,4)5)6-12(16)7-13(14)17/h6-7,18H,1,8-9H2,2-5H3.